The molecule has 120 valence electrons. The summed E-state index contributed by atoms with van der Waals surface area (Å²) in [6.45, 7) is 0. The van der Waals surface area contributed by atoms with Gasteiger partial charge in [0.25, 0.3) is 11.1 Å². The largest absolute Gasteiger partial charge is 0.327 e. The topological polar surface area (TPSA) is 214 Å². The normalized spacial score (nSPS) is 11.8. The minimum absolute atomic E-state index is 0.0167. The molecule has 4 aromatic rings. The van der Waals surface area contributed by atoms with E-state index in [4.69, 9.17) is 0 Å². The van der Waals surface area contributed by atoms with Gasteiger partial charge in [-0.05, 0) is 0 Å². The molecule has 0 saturated carbocycles. The van der Waals surface area contributed by atoms with Gasteiger partial charge in [0.15, 0.2) is 22.3 Å². The second kappa shape index (κ2) is 4.70. The lowest BCUT2D eigenvalue weighted by atomic mass is 10.5. The number of hydrogen-bond acceptors (Lipinski definition) is 8. The number of azo groups is 1. The third kappa shape index (κ3) is 2.14. The van der Waals surface area contributed by atoms with Crippen LogP contribution in [0.15, 0.2) is 29.4 Å². The van der Waals surface area contributed by atoms with Crippen molar-refractivity contribution in [3.05, 3.63) is 41.7 Å². The van der Waals surface area contributed by atoms with Crippen molar-refractivity contribution in [2.45, 2.75) is 0 Å². The number of rotatable bonds is 2. The number of H-pyrrole nitrogens is 6. The maximum atomic E-state index is 11.6. The molecule has 0 bridgehead atoms. The van der Waals surface area contributed by atoms with Gasteiger partial charge < -0.3 is 9.97 Å². The summed E-state index contributed by atoms with van der Waals surface area (Å²) in [6.07, 6.45) is 0. The van der Waals surface area contributed by atoms with E-state index >= 15 is 0 Å². The van der Waals surface area contributed by atoms with Crippen molar-refractivity contribution in [3.63, 3.8) is 0 Å². The molecule has 0 fully saturated rings. The van der Waals surface area contributed by atoms with Crippen molar-refractivity contribution in [2.24, 2.45) is 10.2 Å². The Balaban J connectivity index is 1.78. The van der Waals surface area contributed by atoms with Gasteiger partial charge in [0, 0.05) is 0 Å². The van der Waals surface area contributed by atoms with E-state index in [2.05, 4.69) is 40.1 Å². The summed E-state index contributed by atoms with van der Waals surface area (Å²) in [5, 5.41) is 7.43. The lowest BCUT2D eigenvalue weighted by Gasteiger charge is -1.83. The molecule has 24 heavy (non-hydrogen) atoms. The molecule has 0 aliphatic carbocycles. The molecule has 0 spiro atoms. The van der Waals surface area contributed by atoms with Crippen molar-refractivity contribution in [1.29, 1.82) is 0 Å². The number of aromatic nitrogens is 8. The molecule has 0 aromatic carbocycles. The van der Waals surface area contributed by atoms with E-state index in [1.165, 1.54) is 0 Å². The fraction of sp³-hybridized carbons (Fsp3) is 0. The molecule has 4 rings (SSSR count). The fourth-order valence-corrected chi connectivity index (χ4v) is 2.03. The maximum Gasteiger partial charge on any atom is 0.327 e. The van der Waals surface area contributed by atoms with E-state index in [0.717, 1.165) is 0 Å². The number of fused-ring (bicyclic) bond motifs is 2. The van der Waals surface area contributed by atoms with Gasteiger partial charge >= 0.3 is 11.4 Å². The zero-order valence-electron chi connectivity index (χ0n) is 11.4. The van der Waals surface area contributed by atoms with Crippen LogP contribution in [0.5, 0.6) is 0 Å². The van der Waals surface area contributed by atoms with E-state index in [1.807, 2.05) is 9.97 Å². The Morgan fingerprint density at radius 2 is 1.00 bits per heavy atom. The highest BCUT2D eigenvalue weighted by atomic mass is 16.2. The number of nitrogens with one attached hydrogen (secondary N) is 6. The summed E-state index contributed by atoms with van der Waals surface area (Å²) in [5.74, 6) is -0.139. The van der Waals surface area contributed by atoms with Gasteiger partial charge in [0.2, 0.25) is 11.9 Å². The molecule has 0 amide bonds. The molecule has 0 aliphatic rings. The SMILES string of the molecule is O=c1[nH]c(=O)c2[nH]c(N=Nc3nc4[nH]c(=O)[nH]c(=O)c4[nH]3)nc2[nH]1. The molecule has 0 saturated heterocycles. The first-order valence-electron chi connectivity index (χ1n) is 6.36. The number of aromatic amines is 6. The van der Waals surface area contributed by atoms with E-state index in [0.29, 0.717) is 0 Å². The molecule has 0 aliphatic heterocycles. The molecule has 0 radical (unpaired) electrons. The summed E-state index contributed by atoms with van der Waals surface area (Å²) in [4.78, 5) is 67.0. The monoisotopic (exact) mass is 330 g/mol. The van der Waals surface area contributed by atoms with Crippen LogP contribution in [0.25, 0.3) is 22.3 Å². The van der Waals surface area contributed by atoms with Crippen LogP contribution in [0.1, 0.15) is 0 Å². The Kier molecular flexibility index (Phi) is 2.65. The minimum atomic E-state index is -0.706. The summed E-state index contributed by atoms with van der Waals surface area (Å²) in [5.41, 5.74) is -2.65. The van der Waals surface area contributed by atoms with Gasteiger partial charge in [0.05, 0.1) is 0 Å². The molecular weight excluding hydrogens is 324 g/mol. The molecule has 14 nitrogen and oxygen atoms in total. The minimum Gasteiger partial charge on any atom is -0.315 e. The first-order valence-corrected chi connectivity index (χ1v) is 6.36. The van der Waals surface area contributed by atoms with E-state index in [-0.39, 0.29) is 34.2 Å². The molecule has 0 atom stereocenters. The zero-order valence-corrected chi connectivity index (χ0v) is 11.4. The van der Waals surface area contributed by atoms with Gasteiger partial charge in [-0.15, -0.1) is 10.2 Å². The predicted molar refractivity (Wildman–Crippen MR) is 78.8 cm³/mol. The second-order valence-corrected chi connectivity index (χ2v) is 4.58. The summed E-state index contributed by atoms with van der Waals surface area (Å²) in [7, 11) is 0. The van der Waals surface area contributed by atoms with Crippen molar-refractivity contribution >= 4 is 34.2 Å². The van der Waals surface area contributed by atoms with Crippen LogP contribution in [-0.2, 0) is 0 Å². The summed E-state index contributed by atoms with van der Waals surface area (Å²) >= 11 is 0. The average molecular weight is 330 g/mol. The van der Waals surface area contributed by atoms with Crippen LogP contribution < -0.4 is 22.5 Å². The Labute approximate surface area is 127 Å². The van der Waals surface area contributed by atoms with Crippen molar-refractivity contribution < 1.29 is 0 Å². The highest BCUT2D eigenvalue weighted by Gasteiger charge is 2.09. The molecule has 0 unspecified atom stereocenters. The Bertz CT molecular complexity index is 1240. The highest BCUT2D eigenvalue weighted by molar-refractivity contribution is 5.71. The molecular formula is C10H6N10O4. The third-order valence-electron chi connectivity index (χ3n) is 2.99. The van der Waals surface area contributed by atoms with Gasteiger partial charge in [-0.1, -0.05) is 0 Å². The smallest absolute Gasteiger partial charge is 0.315 e. The molecule has 6 N–H and O–H groups in total. The molecule has 4 aromatic heterocycles. The van der Waals surface area contributed by atoms with Crippen molar-refractivity contribution in [3.8, 4) is 0 Å². The zero-order chi connectivity index (χ0) is 16.8. The average Bonchev–Trinajstić information content (AvgIpc) is 3.08. The maximum absolute atomic E-state index is 11.6. The lowest BCUT2D eigenvalue weighted by molar-refractivity contribution is 1.06. The van der Waals surface area contributed by atoms with E-state index in [1.54, 1.807) is 0 Å². The van der Waals surface area contributed by atoms with Gasteiger partial charge in [-0.3, -0.25) is 29.5 Å². The Morgan fingerprint density at radius 1 is 0.583 bits per heavy atom. The number of imidazole rings is 2. The third-order valence-corrected chi connectivity index (χ3v) is 2.99. The summed E-state index contributed by atoms with van der Waals surface area (Å²) < 4.78 is 0. The summed E-state index contributed by atoms with van der Waals surface area (Å²) in [6, 6.07) is 0. The van der Waals surface area contributed by atoms with Crippen LogP contribution in [0.2, 0.25) is 0 Å². The Morgan fingerprint density at radius 3 is 1.42 bits per heavy atom. The van der Waals surface area contributed by atoms with Crippen molar-refractivity contribution in [1.82, 2.24) is 39.9 Å². The molecule has 4 heterocycles. The van der Waals surface area contributed by atoms with Crippen LogP contribution >= 0.6 is 0 Å². The van der Waals surface area contributed by atoms with Crippen molar-refractivity contribution in [2.75, 3.05) is 0 Å². The van der Waals surface area contributed by atoms with Crippen LogP contribution in [0.3, 0.4) is 0 Å². The fourth-order valence-electron chi connectivity index (χ4n) is 2.03. The quantitative estimate of drug-likeness (QED) is 0.243. The van der Waals surface area contributed by atoms with Gasteiger partial charge in [-0.25, -0.2) is 9.59 Å². The van der Waals surface area contributed by atoms with Gasteiger partial charge in [-0.2, -0.15) is 9.97 Å². The van der Waals surface area contributed by atoms with Crippen LogP contribution in [-0.4, -0.2) is 39.9 Å². The molecule has 14 heteroatoms. The first kappa shape index (κ1) is 13.6. The highest BCUT2D eigenvalue weighted by Crippen LogP contribution is 2.15. The number of hydrogen-bond donors (Lipinski definition) is 6. The van der Waals surface area contributed by atoms with Crippen LogP contribution in [0, 0.1) is 0 Å². The van der Waals surface area contributed by atoms with E-state index in [9.17, 15) is 19.2 Å². The lowest BCUT2D eigenvalue weighted by Crippen LogP contribution is -2.21. The number of nitrogens with zero attached hydrogens (tertiary/aromatic N) is 4. The van der Waals surface area contributed by atoms with E-state index < -0.39 is 22.5 Å². The standard InChI is InChI=1S/C10H6N10O4/c21-5-1-3(15-9(23)17-5)13-7(11-1)19-20-8-12-2-4(14-8)16-10(24)18-6(2)22/h(H3,11,13,15,17,21,23)(H3,12,14,16,18,22,24). The predicted octanol–water partition coefficient (Wildman–Crippen LogP) is -1.39. The first-order chi connectivity index (χ1) is 11.5. The van der Waals surface area contributed by atoms with Gasteiger partial charge in [0.1, 0.15) is 0 Å². The Hall–Kier alpha value is -4.10. The second-order valence-electron chi connectivity index (χ2n) is 4.58. The van der Waals surface area contributed by atoms with Crippen LogP contribution in [0.4, 0.5) is 11.9 Å².